The third kappa shape index (κ3) is 14.5. The van der Waals surface area contributed by atoms with Gasteiger partial charge in [-0.25, -0.2) is 0 Å². The molecule has 0 spiro atoms. The van der Waals surface area contributed by atoms with Crippen LogP contribution in [0.15, 0.2) is 158 Å². The molecule has 8 rings (SSSR count). The van der Waals surface area contributed by atoms with E-state index in [2.05, 4.69) is 196 Å². The Morgan fingerprint density at radius 1 is 0.355 bits per heavy atom. The van der Waals surface area contributed by atoms with Gasteiger partial charge in [0.15, 0.2) is 0 Å². The summed E-state index contributed by atoms with van der Waals surface area (Å²) in [5, 5.41) is 0. The fourth-order valence-corrected chi connectivity index (χ4v) is 11.6. The molecule has 0 saturated heterocycles. The summed E-state index contributed by atoms with van der Waals surface area (Å²) < 4.78 is 12.2. The second-order valence-corrected chi connectivity index (χ2v) is 21.6. The van der Waals surface area contributed by atoms with Gasteiger partial charge in [0.1, 0.15) is 11.5 Å². The van der Waals surface area contributed by atoms with Crippen molar-refractivity contribution < 1.29 is 9.47 Å². The zero-order valence-electron chi connectivity index (χ0n) is 46.8. The van der Waals surface area contributed by atoms with Crippen molar-refractivity contribution in [3.8, 4) is 68.4 Å². The fraction of sp³-hybridized carbons (Fsp3) is 0.397. The molecule has 1 aliphatic rings. The monoisotopic (exact) mass is 1010 g/mol. The van der Waals surface area contributed by atoms with Crippen molar-refractivity contribution in [3.63, 3.8) is 0 Å². The SMILES string of the molecule is C#Cc1ccc2c(c1)C(CCCCCCCC)(CCCCCCCC)c1cc(-c3ccc(N(c4ccc(-c5ccc(OCCCCCC)cc5)cc4)c4ccc(-c5ccc(OCCCCCC)cc5)cc4)cc3)ccc1-2. The Kier molecular flexibility index (Phi) is 21.4. The van der Waals surface area contributed by atoms with Crippen LogP contribution in [-0.4, -0.2) is 13.2 Å². The van der Waals surface area contributed by atoms with Crippen LogP contribution in [0.25, 0.3) is 44.5 Å². The lowest BCUT2D eigenvalue weighted by atomic mass is 9.70. The lowest BCUT2D eigenvalue weighted by Gasteiger charge is -2.33. The number of fused-ring (bicyclic) bond motifs is 3. The summed E-state index contributed by atoms with van der Waals surface area (Å²) in [7, 11) is 0. The highest BCUT2D eigenvalue weighted by Crippen LogP contribution is 2.55. The molecule has 7 aromatic rings. The smallest absolute Gasteiger partial charge is 0.119 e. The Balaban J connectivity index is 1.09. The fourth-order valence-electron chi connectivity index (χ4n) is 11.6. The highest BCUT2D eigenvalue weighted by Gasteiger charge is 2.42. The maximum Gasteiger partial charge on any atom is 0.119 e. The van der Waals surface area contributed by atoms with Crippen molar-refractivity contribution in [1.82, 2.24) is 0 Å². The van der Waals surface area contributed by atoms with E-state index in [1.807, 2.05) is 0 Å². The molecule has 0 heterocycles. The molecule has 396 valence electrons. The summed E-state index contributed by atoms with van der Waals surface area (Å²) in [6, 6.07) is 58.6. The van der Waals surface area contributed by atoms with Crippen LogP contribution in [0.5, 0.6) is 11.5 Å². The Morgan fingerprint density at radius 3 is 1.09 bits per heavy atom. The predicted molar refractivity (Wildman–Crippen MR) is 327 cm³/mol. The van der Waals surface area contributed by atoms with E-state index in [-0.39, 0.29) is 5.41 Å². The third-order valence-electron chi connectivity index (χ3n) is 16.1. The Bertz CT molecular complexity index is 2730. The molecule has 0 aliphatic heterocycles. The maximum absolute atomic E-state index is 6.13. The first-order chi connectivity index (χ1) is 37.5. The van der Waals surface area contributed by atoms with Gasteiger partial charge in [-0.3, -0.25) is 0 Å². The topological polar surface area (TPSA) is 21.7 Å². The molecule has 76 heavy (non-hydrogen) atoms. The van der Waals surface area contributed by atoms with Gasteiger partial charge in [0.2, 0.25) is 0 Å². The number of nitrogens with zero attached hydrogens (tertiary/aromatic N) is 1. The highest BCUT2D eigenvalue weighted by molar-refractivity contribution is 5.86. The van der Waals surface area contributed by atoms with Gasteiger partial charge in [0.05, 0.1) is 13.2 Å². The van der Waals surface area contributed by atoms with Gasteiger partial charge in [0, 0.05) is 28.0 Å². The largest absolute Gasteiger partial charge is 0.494 e. The van der Waals surface area contributed by atoms with Gasteiger partial charge in [-0.2, -0.15) is 0 Å². The molecule has 0 saturated carbocycles. The van der Waals surface area contributed by atoms with E-state index < -0.39 is 0 Å². The van der Waals surface area contributed by atoms with E-state index in [4.69, 9.17) is 15.9 Å². The van der Waals surface area contributed by atoms with E-state index in [9.17, 15) is 0 Å². The maximum atomic E-state index is 6.13. The number of rotatable bonds is 32. The minimum Gasteiger partial charge on any atom is -0.494 e. The molecular formula is C73H87NO2. The van der Waals surface area contributed by atoms with Crippen LogP contribution in [0.1, 0.15) is 186 Å². The highest BCUT2D eigenvalue weighted by atomic mass is 16.5. The molecule has 0 aromatic heterocycles. The van der Waals surface area contributed by atoms with E-state index in [1.165, 1.54) is 171 Å². The van der Waals surface area contributed by atoms with Crippen LogP contribution in [0.4, 0.5) is 17.1 Å². The first-order valence-corrected chi connectivity index (χ1v) is 29.8. The molecule has 3 heteroatoms. The van der Waals surface area contributed by atoms with Crippen molar-refractivity contribution >= 4 is 17.1 Å². The van der Waals surface area contributed by atoms with Gasteiger partial charge < -0.3 is 14.4 Å². The lowest BCUT2D eigenvalue weighted by Crippen LogP contribution is -2.25. The summed E-state index contributed by atoms with van der Waals surface area (Å²) in [6.07, 6.45) is 33.6. The van der Waals surface area contributed by atoms with E-state index in [0.29, 0.717) is 0 Å². The summed E-state index contributed by atoms with van der Waals surface area (Å²) in [5.41, 5.74) is 17.2. The number of benzene rings is 7. The molecule has 0 unspecified atom stereocenters. The summed E-state index contributed by atoms with van der Waals surface area (Å²) in [5.74, 6) is 4.87. The predicted octanol–water partition coefficient (Wildman–Crippen LogP) is 21.8. The Hall–Kier alpha value is -6.50. The average molecular weight is 1010 g/mol. The average Bonchev–Trinajstić information content (AvgIpc) is 3.73. The first kappa shape index (κ1) is 55.7. The Labute approximate surface area is 459 Å². The molecule has 0 amide bonds. The van der Waals surface area contributed by atoms with Crippen LogP contribution in [0, 0.1) is 12.3 Å². The van der Waals surface area contributed by atoms with E-state index >= 15 is 0 Å². The van der Waals surface area contributed by atoms with Crippen LogP contribution in [0.3, 0.4) is 0 Å². The van der Waals surface area contributed by atoms with Gasteiger partial charge in [-0.05, 0) is 160 Å². The van der Waals surface area contributed by atoms with Crippen LogP contribution < -0.4 is 14.4 Å². The number of terminal acetylenes is 1. The van der Waals surface area contributed by atoms with E-state index in [1.54, 1.807) is 0 Å². The van der Waals surface area contributed by atoms with Crippen molar-refractivity contribution in [3.05, 3.63) is 174 Å². The molecule has 0 atom stereocenters. The molecule has 1 aliphatic carbocycles. The van der Waals surface area contributed by atoms with Gasteiger partial charge >= 0.3 is 0 Å². The molecule has 3 nitrogen and oxygen atoms in total. The van der Waals surface area contributed by atoms with Gasteiger partial charge in [0.25, 0.3) is 0 Å². The molecule has 7 aromatic carbocycles. The Morgan fingerprint density at radius 2 is 0.684 bits per heavy atom. The quantitative estimate of drug-likeness (QED) is 0.0310. The van der Waals surface area contributed by atoms with Gasteiger partial charge in [-0.1, -0.05) is 228 Å². The zero-order chi connectivity index (χ0) is 52.8. The van der Waals surface area contributed by atoms with Gasteiger partial charge in [-0.15, -0.1) is 6.42 Å². The summed E-state index contributed by atoms with van der Waals surface area (Å²) in [6.45, 7) is 10.6. The number of hydrogen-bond acceptors (Lipinski definition) is 3. The number of ether oxygens (including phenoxy) is 2. The molecule has 0 N–H and O–H groups in total. The second kappa shape index (κ2) is 29.1. The normalized spacial score (nSPS) is 12.2. The van der Waals surface area contributed by atoms with Crippen LogP contribution in [0.2, 0.25) is 0 Å². The van der Waals surface area contributed by atoms with Crippen molar-refractivity contribution in [1.29, 1.82) is 0 Å². The second-order valence-electron chi connectivity index (χ2n) is 21.6. The van der Waals surface area contributed by atoms with Crippen LogP contribution >= 0.6 is 0 Å². The van der Waals surface area contributed by atoms with Crippen LogP contribution in [-0.2, 0) is 5.41 Å². The number of unbranched alkanes of at least 4 members (excludes halogenated alkanes) is 16. The minimum absolute atomic E-state index is 0.0501. The molecule has 0 fully saturated rings. The van der Waals surface area contributed by atoms with Crippen molar-refractivity contribution in [2.24, 2.45) is 0 Å². The number of hydrogen-bond donors (Lipinski definition) is 0. The summed E-state index contributed by atoms with van der Waals surface area (Å²) >= 11 is 0. The molecule has 0 bridgehead atoms. The summed E-state index contributed by atoms with van der Waals surface area (Å²) in [4.78, 5) is 2.39. The first-order valence-electron chi connectivity index (χ1n) is 29.8. The zero-order valence-corrected chi connectivity index (χ0v) is 46.8. The number of anilines is 3. The lowest BCUT2D eigenvalue weighted by molar-refractivity contribution is 0.305. The van der Waals surface area contributed by atoms with E-state index in [0.717, 1.165) is 73.0 Å². The van der Waals surface area contributed by atoms with Crippen molar-refractivity contribution in [2.75, 3.05) is 18.1 Å². The third-order valence-corrected chi connectivity index (χ3v) is 16.1. The minimum atomic E-state index is -0.0501. The molecule has 0 radical (unpaired) electrons. The molecular weight excluding hydrogens is 923 g/mol. The van der Waals surface area contributed by atoms with Crippen molar-refractivity contribution in [2.45, 2.75) is 174 Å². The standard InChI is InChI=1S/C73H87NO2/c1-6-11-15-19-21-23-51-73(52-24-22-20-16-12-7-2)71-55-57(10-5)27-49-69(71)70-50-38-63(56-72(70)73)62-32-43-66(44-33-62)74(64-39-28-58(29-40-64)60-34-45-67(46-35-60)75-53-25-17-13-8-3)65-41-30-59(31-42-65)61-36-47-68(48-37-61)76-54-26-18-14-9-4/h5,27-50,55-56H,6-9,11-26,51-54H2,1-4H3.